The highest BCUT2D eigenvalue weighted by molar-refractivity contribution is 5.78. The smallest absolute Gasteiger partial charge is 0.203 e. The van der Waals surface area contributed by atoms with E-state index in [1.165, 1.54) is 12.8 Å². The first-order chi connectivity index (χ1) is 8.46. The van der Waals surface area contributed by atoms with Gasteiger partial charge in [-0.15, -0.1) is 0 Å². The van der Waals surface area contributed by atoms with Crippen LogP contribution >= 0.6 is 0 Å². The van der Waals surface area contributed by atoms with Gasteiger partial charge >= 0.3 is 0 Å². The lowest BCUT2D eigenvalue weighted by molar-refractivity contribution is 0.314. The van der Waals surface area contributed by atoms with Crippen LogP contribution in [0.15, 0.2) is 0 Å². The lowest BCUT2D eigenvalue weighted by atomic mass is 9.98. The van der Waals surface area contributed by atoms with Gasteiger partial charge in [-0.2, -0.15) is 5.10 Å². The van der Waals surface area contributed by atoms with E-state index in [0.29, 0.717) is 11.9 Å². The number of nitrogen functional groups attached to an aromatic ring is 1. The summed E-state index contributed by atoms with van der Waals surface area (Å²) in [6, 6.07) is 0. The van der Waals surface area contributed by atoms with Gasteiger partial charge in [0, 0.05) is 12.6 Å². The second kappa shape index (κ2) is 3.49. The number of aryl methyl sites for hydroxylation is 2. The number of nitrogens with zero attached hydrogens (tertiary/aromatic N) is 4. The summed E-state index contributed by atoms with van der Waals surface area (Å²) < 4.78 is 4.09. The molecule has 0 atom stereocenters. The van der Waals surface area contributed by atoms with Crippen LogP contribution in [0.3, 0.4) is 0 Å². The molecule has 3 rings (SSSR count). The van der Waals surface area contributed by atoms with Gasteiger partial charge in [-0.3, -0.25) is 9.25 Å². The van der Waals surface area contributed by atoms with Crippen LogP contribution in [-0.4, -0.2) is 19.3 Å². The molecule has 0 aromatic carbocycles. The van der Waals surface area contributed by atoms with Crippen molar-refractivity contribution in [2.75, 3.05) is 5.73 Å². The quantitative estimate of drug-likeness (QED) is 0.903. The van der Waals surface area contributed by atoms with Gasteiger partial charge in [-0.1, -0.05) is 6.92 Å². The molecule has 98 valence electrons. The normalized spacial score (nSPS) is 16.7. The van der Waals surface area contributed by atoms with Crippen molar-refractivity contribution in [3.05, 3.63) is 5.69 Å². The summed E-state index contributed by atoms with van der Waals surface area (Å²) in [5.74, 6) is 1.32. The zero-order valence-corrected chi connectivity index (χ0v) is 11.6. The van der Waals surface area contributed by atoms with Crippen molar-refractivity contribution in [3.63, 3.8) is 0 Å². The first-order valence-electron chi connectivity index (χ1n) is 6.67. The predicted molar refractivity (Wildman–Crippen MR) is 72.3 cm³/mol. The van der Waals surface area contributed by atoms with E-state index in [-0.39, 0.29) is 5.54 Å². The van der Waals surface area contributed by atoms with Gasteiger partial charge in [0.1, 0.15) is 5.52 Å². The summed E-state index contributed by atoms with van der Waals surface area (Å²) in [6.45, 7) is 6.60. The van der Waals surface area contributed by atoms with Gasteiger partial charge in [-0.05, 0) is 39.0 Å². The summed E-state index contributed by atoms with van der Waals surface area (Å²) in [4.78, 5) is 4.54. The fraction of sp³-hybridized carbons (Fsp3) is 0.692. The number of rotatable bonds is 3. The number of hydrogen-bond acceptors (Lipinski definition) is 3. The van der Waals surface area contributed by atoms with Crippen LogP contribution in [0, 0.1) is 5.92 Å². The topological polar surface area (TPSA) is 61.7 Å². The van der Waals surface area contributed by atoms with E-state index in [1.807, 2.05) is 11.7 Å². The summed E-state index contributed by atoms with van der Waals surface area (Å²) in [7, 11) is 1.97. The van der Waals surface area contributed by atoms with Crippen LogP contribution in [0.4, 0.5) is 5.95 Å². The molecule has 18 heavy (non-hydrogen) atoms. The molecule has 0 bridgehead atoms. The molecule has 0 saturated heterocycles. The number of fused-ring (bicyclic) bond motifs is 1. The zero-order chi connectivity index (χ0) is 13.1. The van der Waals surface area contributed by atoms with Gasteiger partial charge in [0.15, 0.2) is 5.65 Å². The molecule has 0 spiro atoms. The van der Waals surface area contributed by atoms with Crippen molar-refractivity contribution in [1.29, 1.82) is 0 Å². The van der Waals surface area contributed by atoms with Crippen molar-refractivity contribution in [2.24, 2.45) is 13.0 Å². The molecule has 1 fully saturated rings. The van der Waals surface area contributed by atoms with Gasteiger partial charge in [0.05, 0.1) is 5.69 Å². The Morgan fingerprint density at radius 3 is 2.61 bits per heavy atom. The number of nitrogens with two attached hydrogens (primary N) is 1. The van der Waals surface area contributed by atoms with Crippen molar-refractivity contribution < 1.29 is 0 Å². The Morgan fingerprint density at radius 2 is 2.06 bits per heavy atom. The second-order valence-electron chi connectivity index (χ2n) is 5.83. The Bertz CT molecular complexity index is 600. The number of imidazole rings is 1. The van der Waals surface area contributed by atoms with E-state index in [2.05, 4.69) is 35.4 Å². The minimum absolute atomic E-state index is 0.0254. The molecule has 2 heterocycles. The van der Waals surface area contributed by atoms with Gasteiger partial charge in [0.25, 0.3) is 0 Å². The Balaban J connectivity index is 2.28. The molecule has 0 unspecified atom stereocenters. The van der Waals surface area contributed by atoms with Crippen LogP contribution < -0.4 is 5.73 Å². The van der Waals surface area contributed by atoms with Gasteiger partial charge in [-0.25, -0.2) is 4.98 Å². The first-order valence-corrected chi connectivity index (χ1v) is 6.67. The SMILES string of the molecule is CCc1nn(C)c2c1nc(N)n2C(C)(C)C1CC1. The lowest BCUT2D eigenvalue weighted by Crippen LogP contribution is -2.30. The standard InChI is InChI=1S/C13H21N5/c1-5-9-10-11(17(4)16-9)18(12(14)15-10)13(2,3)8-6-7-8/h8H,5-7H2,1-4H3,(H2,14,15). The molecule has 2 aromatic heterocycles. The molecule has 2 aromatic rings. The van der Waals surface area contributed by atoms with Gasteiger partial charge < -0.3 is 5.73 Å². The first kappa shape index (κ1) is 11.6. The highest BCUT2D eigenvalue weighted by Crippen LogP contribution is 2.46. The number of aromatic nitrogens is 4. The third-order valence-electron chi connectivity index (χ3n) is 4.22. The molecule has 1 aliphatic rings. The third-order valence-corrected chi connectivity index (χ3v) is 4.22. The average Bonchev–Trinajstić information content (AvgIpc) is 3.04. The van der Waals surface area contributed by atoms with E-state index >= 15 is 0 Å². The zero-order valence-electron chi connectivity index (χ0n) is 11.6. The average molecular weight is 247 g/mol. The lowest BCUT2D eigenvalue weighted by Gasteiger charge is -2.28. The summed E-state index contributed by atoms with van der Waals surface area (Å²) >= 11 is 0. The minimum Gasteiger partial charge on any atom is -0.369 e. The summed E-state index contributed by atoms with van der Waals surface area (Å²) in [5, 5.41) is 4.54. The van der Waals surface area contributed by atoms with Crippen LogP contribution in [0.5, 0.6) is 0 Å². The van der Waals surface area contributed by atoms with E-state index in [0.717, 1.165) is 23.3 Å². The van der Waals surface area contributed by atoms with Crippen LogP contribution in [0.25, 0.3) is 11.2 Å². The predicted octanol–water partition coefficient (Wildman–Crippen LogP) is 2.06. The highest BCUT2D eigenvalue weighted by Gasteiger charge is 2.41. The molecule has 1 saturated carbocycles. The molecular formula is C13H21N5. The molecule has 5 nitrogen and oxygen atoms in total. The Morgan fingerprint density at radius 1 is 1.39 bits per heavy atom. The second-order valence-corrected chi connectivity index (χ2v) is 5.83. The largest absolute Gasteiger partial charge is 0.369 e. The van der Waals surface area contributed by atoms with Crippen molar-refractivity contribution >= 4 is 17.1 Å². The van der Waals surface area contributed by atoms with Crippen molar-refractivity contribution in [3.8, 4) is 0 Å². The summed E-state index contributed by atoms with van der Waals surface area (Å²) in [5.41, 5.74) is 9.23. The van der Waals surface area contributed by atoms with Crippen LogP contribution in [-0.2, 0) is 19.0 Å². The Hall–Kier alpha value is -1.52. The van der Waals surface area contributed by atoms with Crippen LogP contribution in [0.1, 0.15) is 39.3 Å². The highest BCUT2D eigenvalue weighted by atomic mass is 15.4. The molecule has 5 heteroatoms. The van der Waals surface area contributed by atoms with Gasteiger partial charge in [0.2, 0.25) is 5.95 Å². The van der Waals surface area contributed by atoms with Crippen molar-refractivity contribution in [2.45, 2.75) is 45.6 Å². The van der Waals surface area contributed by atoms with E-state index < -0.39 is 0 Å². The maximum Gasteiger partial charge on any atom is 0.203 e. The Kier molecular flexibility index (Phi) is 2.24. The summed E-state index contributed by atoms with van der Waals surface area (Å²) in [6.07, 6.45) is 3.45. The fourth-order valence-electron chi connectivity index (χ4n) is 2.98. The third kappa shape index (κ3) is 1.39. The molecule has 0 aliphatic heterocycles. The molecule has 1 aliphatic carbocycles. The maximum absolute atomic E-state index is 6.15. The van der Waals surface area contributed by atoms with Crippen molar-refractivity contribution in [1.82, 2.24) is 19.3 Å². The van der Waals surface area contributed by atoms with E-state index in [4.69, 9.17) is 5.73 Å². The fourth-order valence-corrected chi connectivity index (χ4v) is 2.98. The van der Waals surface area contributed by atoms with E-state index in [9.17, 15) is 0 Å². The minimum atomic E-state index is 0.0254. The Labute approximate surface area is 107 Å². The van der Waals surface area contributed by atoms with E-state index in [1.54, 1.807) is 0 Å². The molecule has 0 radical (unpaired) electrons. The van der Waals surface area contributed by atoms with Crippen LogP contribution in [0.2, 0.25) is 0 Å². The molecular weight excluding hydrogens is 226 g/mol. The maximum atomic E-state index is 6.15. The number of anilines is 1. The number of hydrogen-bond donors (Lipinski definition) is 1. The monoisotopic (exact) mass is 247 g/mol. The molecule has 2 N–H and O–H groups in total. The molecule has 0 amide bonds.